The molecular weight excluding hydrogens is 254 g/mol. The van der Waals surface area contributed by atoms with E-state index in [2.05, 4.69) is 37.3 Å². The summed E-state index contributed by atoms with van der Waals surface area (Å²) in [5, 5.41) is 0. The zero-order valence-corrected chi connectivity index (χ0v) is 12.0. The Labute approximate surface area is 118 Å². The van der Waals surface area contributed by atoms with E-state index in [1.807, 2.05) is 0 Å². The van der Waals surface area contributed by atoms with E-state index < -0.39 is 0 Å². The van der Waals surface area contributed by atoms with Gasteiger partial charge in [0.25, 0.3) is 0 Å². The van der Waals surface area contributed by atoms with E-state index in [4.69, 9.17) is 10.5 Å². The van der Waals surface area contributed by atoms with Crippen LogP contribution in [0.15, 0.2) is 30.3 Å². The molecule has 0 bridgehead atoms. The fourth-order valence-electron chi connectivity index (χ4n) is 2.63. The average molecular weight is 273 g/mol. The summed E-state index contributed by atoms with van der Waals surface area (Å²) in [5.41, 5.74) is 8.77. The van der Waals surface area contributed by atoms with Gasteiger partial charge in [0.2, 0.25) is 0 Å². The van der Waals surface area contributed by atoms with Crippen LogP contribution < -0.4 is 10.5 Å². The van der Waals surface area contributed by atoms with Crippen LogP contribution in [0, 0.1) is 6.92 Å². The van der Waals surface area contributed by atoms with Crippen molar-refractivity contribution in [2.45, 2.75) is 32.3 Å². The molecule has 1 atom stereocenters. The lowest BCUT2D eigenvalue weighted by Crippen LogP contribution is -2.17. The van der Waals surface area contributed by atoms with Crippen molar-refractivity contribution in [3.05, 3.63) is 51.2 Å². The second-order valence-corrected chi connectivity index (χ2v) is 6.39. The summed E-state index contributed by atoms with van der Waals surface area (Å²) in [4.78, 5) is 2.51. The topological polar surface area (TPSA) is 35.2 Å². The molecular formula is C16H19NOS. The van der Waals surface area contributed by atoms with Crippen molar-refractivity contribution in [3.63, 3.8) is 0 Å². The molecule has 19 heavy (non-hydrogen) atoms. The van der Waals surface area contributed by atoms with Crippen molar-refractivity contribution < 1.29 is 4.74 Å². The number of rotatable bonds is 4. The highest BCUT2D eigenvalue weighted by molar-refractivity contribution is 7.12. The number of hydrogen-bond donors (Lipinski definition) is 1. The molecule has 0 saturated carbocycles. The molecule has 3 heteroatoms. The molecule has 0 radical (unpaired) electrons. The smallest absolute Gasteiger partial charge is 0.145 e. The Kier molecular flexibility index (Phi) is 3.58. The lowest BCUT2D eigenvalue weighted by Gasteiger charge is -2.16. The summed E-state index contributed by atoms with van der Waals surface area (Å²) in [6.45, 7) is 2.62. The molecule has 100 valence electrons. The zero-order valence-electron chi connectivity index (χ0n) is 11.2. The molecule has 3 rings (SSSR count). The zero-order chi connectivity index (χ0) is 13.2. The molecule has 2 N–H and O–H groups in total. The average Bonchev–Trinajstić information content (AvgIpc) is 3.04. The van der Waals surface area contributed by atoms with Crippen LogP contribution in [-0.4, -0.2) is 6.54 Å². The van der Waals surface area contributed by atoms with Gasteiger partial charge in [0, 0.05) is 16.3 Å². The standard InChI is InChI=1S/C16H19NOS/c1-11-5-8-16(19-11)15(10-17)18-14-7-6-12-3-2-4-13(12)9-14/h5-9,15H,2-4,10,17H2,1H3. The monoisotopic (exact) mass is 273 g/mol. The molecule has 2 nitrogen and oxygen atoms in total. The van der Waals surface area contributed by atoms with Crippen LogP contribution in [0.3, 0.4) is 0 Å². The van der Waals surface area contributed by atoms with Crippen molar-refractivity contribution in [1.82, 2.24) is 0 Å². The normalized spacial score (nSPS) is 15.3. The predicted molar refractivity (Wildman–Crippen MR) is 79.9 cm³/mol. The van der Waals surface area contributed by atoms with Crippen molar-refractivity contribution >= 4 is 11.3 Å². The number of aryl methyl sites for hydroxylation is 3. The van der Waals surface area contributed by atoms with Gasteiger partial charge in [0.05, 0.1) is 0 Å². The Bertz CT molecular complexity index is 576. The Hall–Kier alpha value is -1.32. The maximum atomic E-state index is 6.07. The minimum absolute atomic E-state index is 0.0295. The van der Waals surface area contributed by atoms with Gasteiger partial charge in [-0.15, -0.1) is 11.3 Å². The van der Waals surface area contributed by atoms with Crippen LogP contribution in [0.2, 0.25) is 0 Å². The maximum Gasteiger partial charge on any atom is 0.145 e. The lowest BCUT2D eigenvalue weighted by atomic mass is 10.1. The summed E-state index contributed by atoms with van der Waals surface area (Å²) < 4.78 is 6.07. The summed E-state index contributed by atoms with van der Waals surface area (Å²) in [6, 6.07) is 10.7. The molecule has 1 aromatic carbocycles. The van der Waals surface area contributed by atoms with Crippen LogP contribution in [0.25, 0.3) is 0 Å². The highest BCUT2D eigenvalue weighted by Gasteiger charge is 2.16. The number of thiophene rings is 1. The van der Waals surface area contributed by atoms with Gasteiger partial charge < -0.3 is 10.5 Å². The number of fused-ring (bicyclic) bond motifs is 1. The third-order valence-electron chi connectivity index (χ3n) is 3.64. The van der Waals surface area contributed by atoms with Crippen LogP contribution in [0.5, 0.6) is 5.75 Å². The van der Waals surface area contributed by atoms with Gasteiger partial charge in [-0.2, -0.15) is 0 Å². The van der Waals surface area contributed by atoms with Gasteiger partial charge in [-0.25, -0.2) is 0 Å². The van der Waals surface area contributed by atoms with E-state index >= 15 is 0 Å². The third kappa shape index (κ3) is 2.67. The van der Waals surface area contributed by atoms with Gasteiger partial charge in [-0.3, -0.25) is 0 Å². The molecule has 0 fully saturated rings. The number of ether oxygens (including phenoxy) is 1. The highest BCUT2D eigenvalue weighted by atomic mass is 32.1. The van der Waals surface area contributed by atoms with Gasteiger partial charge in [0.15, 0.2) is 0 Å². The van der Waals surface area contributed by atoms with Gasteiger partial charge in [0.1, 0.15) is 11.9 Å². The second kappa shape index (κ2) is 5.35. The Morgan fingerprint density at radius 2 is 2.05 bits per heavy atom. The quantitative estimate of drug-likeness (QED) is 0.923. The fraction of sp³-hybridized carbons (Fsp3) is 0.375. The number of benzene rings is 1. The van der Waals surface area contributed by atoms with Crippen molar-refractivity contribution in [2.24, 2.45) is 5.73 Å². The van der Waals surface area contributed by atoms with E-state index in [1.165, 1.54) is 40.1 Å². The first-order valence-electron chi connectivity index (χ1n) is 6.81. The number of nitrogens with two attached hydrogens (primary N) is 1. The molecule has 1 unspecified atom stereocenters. The first-order valence-corrected chi connectivity index (χ1v) is 7.63. The van der Waals surface area contributed by atoms with E-state index in [-0.39, 0.29) is 6.10 Å². The molecule has 1 aromatic heterocycles. The Morgan fingerprint density at radius 3 is 2.79 bits per heavy atom. The second-order valence-electron chi connectivity index (χ2n) is 5.07. The van der Waals surface area contributed by atoms with E-state index in [9.17, 15) is 0 Å². The highest BCUT2D eigenvalue weighted by Crippen LogP contribution is 2.30. The fourth-order valence-corrected chi connectivity index (χ4v) is 3.55. The molecule has 0 spiro atoms. The lowest BCUT2D eigenvalue weighted by molar-refractivity contribution is 0.218. The first-order chi connectivity index (χ1) is 9.26. The summed E-state index contributed by atoms with van der Waals surface area (Å²) in [6.07, 6.45) is 3.62. The molecule has 0 aliphatic heterocycles. The van der Waals surface area contributed by atoms with Gasteiger partial charge in [-0.05, 0) is 61.6 Å². The van der Waals surface area contributed by atoms with Crippen LogP contribution in [0.1, 0.15) is 33.4 Å². The molecule has 0 saturated heterocycles. The van der Waals surface area contributed by atoms with Gasteiger partial charge >= 0.3 is 0 Å². The maximum absolute atomic E-state index is 6.07. The summed E-state index contributed by atoms with van der Waals surface area (Å²) in [7, 11) is 0. The molecule has 1 aliphatic rings. The summed E-state index contributed by atoms with van der Waals surface area (Å²) in [5.74, 6) is 0.946. The molecule has 1 aliphatic carbocycles. The molecule has 1 heterocycles. The largest absolute Gasteiger partial charge is 0.484 e. The predicted octanol–water partition coefficient (Wildman–Crippen LogP) is 3.62. The van der Waals surface area contributed by atoms with E-state index in [0.29, 0.717) is 6.54 Å². The van der Waals surface area contributed by atoms with E-state index in [1.54, 1.807) is 11.3 Å². The number of hydrogen-bond acceptors (Lipinski definition) is 3. The van der Waals surface area contributed by atoms with Gasteiger partial charge in [-0.1, -0.05) is 6.07 Å². The minimum Gasteiger partial charge on any atom is -0.484 e. The van der Waals surface area contributed by atoms with Crippen LogP contribution in [0.4, 0.5) is 0 Å². The van der Waals surface area contributed by atoms with Crippen LogP contribution in [-0.2, 0) is 12.8 Å². The Morgan fingerprint density at radius 1 is 1.21 bits per heavy atom. The molecule has 2 aromatic rings. The van der Waals surface area contributed by atoms with Crippen LogP contribution >= 0.6 is 11.3 Å². The molecule has 0 amide bonds. The third-order valence-corrected chi connectivity index (χ3v) is 4.73. The van der Waals surface area contributed by atoms with E-state index in [0.717, 1.165) is 5.75 Å². The first kappa shape index (κ1) is 12.7. The SMILES string of the molecule is Cc1ccc(C(CN)Oc2ccc3c(c2)CCC3)s1. The summed E-state index contributed by atoms with van der Waals surface area (Å²) >= 11 is 1.76. The van der Waals surface area contributed by atoms with Crippen molar-refractivity contribution in [3.8, 4) is 5.75 Å². The minimum atomic E-state index is -0.0295. The Balaban J connectivity index is 1.79. The van der Waals surface area contributed by atoms with Crippen molar-refractivity contribution in [1.29, 1.82) is 0 Å². The van der Waals surface area contributed by atoms with Crippen molar-refractivity contribution in [2.75, 3.05) is 6.54 Å².